The van der Waals surface area contributed by atoms with Gasteiger partial charge in [0.15, 0.2) is 11.6 Å². The molecule has 4 rings (SSSR count). The summed E-state index contributed by atoms with van der Waals surface area (Å²) in [5.74, 6) is 6.81. The fourth-order valence-corrected chi connectivity index (χ4v) is 3.56. The van der Waals surface area contributed by atoms with Gasteiger partial charge in [0.25, 0.3) is 0 Å². The molecule has 2 aromatic heterocycles. The van der Waals surface area contributed by atoms with E-state index in [1.54, 1.807) is 24.3 Å². The quantitative estimate of drug-likeness (QED) is 0.193. The highest BCUT2D eigenvalue weighted by molar-refractivity contribution is 7.99. The second-order valence-corrected chi connectivity index (χ2v) is 7.39. The van der Waals surface area contributed by atoms with Crippen molar-refractivity contribution in [2.45, 2.75) is 5.16 Å². The van der Waals surface area contributed by atoms with E-state index in [1.807, 2.05) is 30.3 Å². The normalized spacial score (nSPS) is 12.0. The van der Waals surface area contributed by atoms with E-state index in [-0.39, 0.29) is 17.1 Å². The Morgan fingerprint density at radius 2 is 1.97 bits per heavy atom. The molecule has 0 radical (unpaired) electrons. The monoisotopic (exact) mass is 423 g/mol. The van der Waals surface area contributed by atoms with Crippen LogP contribution in [0.25, 0.3) is 28.0 Å². The van der Waals surface area contributed by atoms with Gasteiger partial charge in [-0.3, -0.25) is 0 Å². The molecule has 2 aromatic carbocycles. The summed E-state index contributed by atoms with van der Waals surface area (Å²) in [5, 5.41) is 29.1. The highest BCUT2D eigenvalue weighted by atomic mass is 35.5. The van der Waals surface area contributed by atoms with E-state index >= 15 is 0 Å². The molecule has 0 bridgehead atoms. The van der Waals surface area contributed by atoms with Crippen molar-refractivity contribution in [1.82, 2.24) is 24.8 Å². The van der Waals surface area contributed by atoms with E-state index in [1.165, 1.54) is 4.68 Å². The van der Waals surface area contributed by atoms with Crippen LogP contribution in [0.4, 0.5) is 0 Å². The standard InChI is InChI=1S/C19H14ClN7OS/c20-12-7-5-11(6-8-12)18-25-26-19(27(18)22)29-10-16(28)13(9-21)17-23-14-3-1-2-4-15(14)24-17/h1-8,28H,10,22H2,(H,23,24)/b16-13-. The number of nitrogens with one attached hydrogen (secondary N) is 1. The number of H-pyrrole nitrogens is 1. The first-order valence-electron chi connectivity index (χ1n) is 8.43. The Bertz CT molecular complexity index is 1220. The van der Waals surface area contributed by atoms with Crippen molar-refractivity contribution in [3.8, 4) is 17.5 Å². The molecule has 0 aliphatic rings. The molecule has 0 saturated carbocycles. The van der Waals surface area contributed by atoms with Gasteiger partial charge in [0.1, 0.15) is 17.4 Å². The number of aromatic nitrogens is 5. The SMILES string of the molecule is N#C/C(=C(/O)CSc1nnc(-c2ccc(Cl)cc2)n1N)c1nc2ccccc2[nH]1. The Kier molecular flexibility index (Phi) is 5.12. The number of hydrogen-bond donors (Lipinski definition) is 3. The molecule has 0 amide bonds. The minimum Gasteiger partial charge on any atom is -0.510 e. The van der Waals surface area contributed by atoms with Crippen LogP contribution in [-0.2, 0) is 0 Å². The molecule has 0 atom stereocenters. The lowest BCUT2D eigenvalue weighted by atomic mass is 10.2. The number of hydrogen-bond acceptors (Lipinski definition) is 7. The number of halogens is 1. The summed E-state index contributed by atoms with van der Waals surface area (Å²) < 4.78 is 1.33. The van der Waals surface area contributed by atoms with Gasteiger partial charge in [-0.05, 0) is 36.4 Å². The molecule has 144 valence electrons. The Labute approximate surface area is 174 Å². The molecule has 29 heavy (non-hydrogen) atoms. The number of para-hydroxylation sites is 2. The number of benzene rings is 2. The number of nitriles is 1. The van der Waals surface area contributed by atoms with Crippen molar-refractivity contribution in [3.63, 3.8) is 0 Å². The summed E-state index contributed by atoms with van der Waals surface area (Å²) in [6.07, 6.45) is 0. The van der Waals surface area contributed by atoms with Crippen molar-refractivity contribution in [2.75, 3.05) is 11.6 Å². The van der Waals surface area contributed by atoms with E-state index in [2.05, 4.69) is 20.2 Å². The maximum Gasteiger partial charge on any atom is 0.210 e. The predicted molar refractivity (Wildman–Crippen MR) is 113 cm³/mol. The zero-order valence-electron chi connectivity index (χ0n) is 14.9. The lowest BCUT2D eigenvalue weighted by Crippen LogP contribution is -2.11. The minimum atomic E-state index is -0.132. The van der Waals surface area contributed by atoms with Crippen LogP contribution in [0.3, 0.4) is 0 Å². The van der Waals surface area contributed by atoms with E-state index in [0.29, 0.717) is 27.3 Å². The van der Waals surface area contributed by atoms with E-state index < -0.39 is 0 Å². The van der Waals surface area contributed by atoms with Crippen LogP contribution >= 0.6 is 23.4 Å². The van der Waals surface area contributed by atoms with Gasteiger partial charge in [-0.2, -0.15) is 5.26 Å². The first kappa shape index (κ1) is 18.9. The number of nitrogen functional groups attached to an aromatic ring is 1. The molecule has 4 aromatic rings. The summed E-state index contributed by atoms with van der Waals surface area (Å²) in [5.41, 5.74) is 2.32. The van der Waals surface area contributed by atoms with Gasteiger partial charge in [-0.1, -0.05) is 35.5 Å². The Morgan fingerprint density at radius 1 is 1.21 bits per heavy atom. The number of aliphatic hydroxyl groups excluding tert-OH is 1. The first-order chi connectivity index (χ1) is 14.1. The second-order valence-electron chi connectivity index (χ2n) is 6.01. The van der Waals surface area contributed by atoms with Crippen molar-refractivity contribution in [2.24, 2.45) is 0 Å². The van der Waals surface area contributed by atoms with Crippen molar-refractivity contribution >= 4 is 40.0 Å². The fraction of sp³-hybridized carbons (Fsp3) is 0.0526. The number of nitrogens with two attached hydrogens (primary N) is 1. The topological polar surface area (TPSA) is 129 Å². The lowest BCUT2D eigenvalue weighted by Gasteiger charge is -2.04. The smallest absolute Gasteiger partial charge is 0.210 e. The van der Waals surface area contributed by atoms with Crippen LogP contribution in [0.1, 0.15) is 5.82 Å². The Morgan fingerprint density at radius 3 is 2.69 bits per heavy atom. The third kappa shape index (κ3) is 3.76. The molecule has 0 unspecified atom stereocenters. The zero-order chi connectivity index (χ0) is 20.4. The molecule has 0 fully saturated rings. The van der Waals surface area contributed by atoms with Gasteiger partial charge in [-0.25, -0.2) is 9.66 Å². The van der Waals surface area contributed by atoms with Crippen molar-refractivity contribution in [1.29, 1.82) is 5.26 Å². The molecule has 2 heterocycles. The molecule has 4 N–H and O–H groups in total. The number of aromatic amines is 1. The van der Waals surface area contributed by atoms with Crippen molar-refractivity contribution < 1.29 is 5.11 Å². The van der Waals surface area contributed by atoms with Crippen LogP contribution in [0.2, 0.25) is 5.02 Å². The van der Waals surface area contributed by atoms with E-state index in [4.69, 9.17) is 17.4 Å². The maximum absolute atomic E-state index is 10.5. The number of thioether (sulfide) groups is 1. The van der Waals surface area contributed by atoms with Gasteiger partial charge in [-0.15, -0.1) is 10.2 Å². The predicted octanol–water partition coefficient (Wildman–Crippen LogP) is 3.77. The van der Waals surface area contributed by atoms with E-state index in [0.717, 1.165) is 22.8 Å². The highest BCUT2D eigenvalue weighted by Gasteiger charge is 2.16. The summed E-state index contributed by atoms with van der Waals surface area (Å²) in [6, 6.07) is 16.4. The third-order valence-electron chi connectivity index (χ3n) is 4.13. The molecule has 0 saturated heterocycles. The summed E-state index contributed by atoms with van der Waals surface area (Å²) in [4.78, 5) is 7.39. The average molecular weight is 424 g/mol. The number of allylic oxidation sites excluding steroid dienone is 1. The highest BCUT2D eigenvalue weighted by Crippen LogP contribution is 2.26. The Balaban J connectivity index is 1.56. The summed E-state index contributed by atoms with van der Waals surface area (Å²) in [6.45, 7) is 0. The van der Waals surface area contributed by atoms with Gasteiger partial charge in [0.2, 0.25) is 5.16 Å². The maximum atomic E-state index is 10.5. The second kappa shape index (κ2) is 7.87. The molecule has 0 spiro atoms. The van der Waals surface area contributed by atoms with Gasteiger partial charge in [0.05, 0.1) is 16.8 Å². The average Bonchev–Trinajstić information content (AvgIpc) is 3.31. The fourth-order valence-electron chi connectivity index (χ4n) is 2.70. The molecule has 0 aliphatic heterocycles. The first-order valence-corrected chi connectivity index (χ1v) is 9.79. The number of nitrogens with zero attached hydrogens (tertiary/aromatic N) is 5. The lowest BCUT2D eigenvalue weighted by molar-refractivity contribution is 0.420. The number of rotatable bonds is 5. The van der Waals surface area contributed by atoms with Crippen LogP contribution in [0.5, 0.6) is 0 Å². The molecule has 10 heteroatoms. The largest absolute Gasteiger partial charge is 0.510 e. The molecular formula is C19H14ClN7OS. The molecule has 0 aliphatic carbocycles. The Hall–Kier alpha value is -3.48. The third-order valence-corrected chi connectivity index (χ3v) is 5.34. The van der Waals surface area contributed by atoms with Crippen LogP contribution < -0.4 is 5.84 Å². The minimum absolute atomic E-state index is 0.0645. The summed E-state index contributed by atoms with van der Waals surface area (Å²) >= 11 is 7.06. The molecule has 8 nitrogen and oxygen atoms in total. The van der Waals surface area contributed by atoms with Crippen molar-refractivity contribution in [3.05, 3.63) is 65.1 Å². The summed E-state index contributed by atoms with van der Waals surface area (Å²) in [7, 11) is 0. The molecular weight excluding hydrogens is 410 g/mol. The van der Waals surface area contributed by atoms with Crippen LogP contribution in [0.15, 0.2) is 59.4 Å². The van der Waals surface area contributed by atoms with Crippen LogP contribution in [0, 0.1) is 11.3 Å². The number of imidazole rings is 1. The van der Waals surface area contributed by atoms with Crippen LogP contribution in [-0.4, -0.2) is 35.7 Å². The van der Waals surface area contributed by atoms with E-state index in [9.17, 15) is 10.4 Å². The zero-order valence-corrected chi connectivity index (χ0v) is 16.4. The number of fused-ring (bicyclic) bond motifs is 1. The van der Waals surface area contributed by atoms with Gasteiger partial charge >= 0.3 is 0 Å². The van der Waals surface area contributed by atoms with Gasteiger partial charge < -0.3 is 15.9 Å². The number of aliphatic hydroxyl groups is 1. The van der Waals surface area contributed by atoms with Gasteiger partial charge in [0, 0.05) is 10.6 Å².